The van der Waals surface area contributed by atoms with E-state index >= 15 is 0 Å². The maximum absolute atomic E-state index is 13.2. The molecule has 1 N–H and O–H groups in total. The Morgan fingerprint density at radius 3 is 2.59 bits per heavy atom. The first-order valence-electron chi connectivity index (χ1n) is 10.4. The molecule has 0 aliphatic carbocycles. The van der Waals surface area contributed by atoms with E-state index in [0.29, 0.717) is 53.4 Å². The van der Waals surface area contributed by atoms with E-state index in [1.54, 1.807) is 49.7 Å². The van der Waals surface area contributed by atoms with Crippen molar-refractivity contribution in [1.29, 1.82) is 0 Å². The summed E-state index contributed by atoms with van der Waals surface area (Å²) in [6, 6.07) is 4.99. The van der Waals surface area contributed by atoms with Crippen molar-refractivity contribution < 1.29 is 19.1 Å². The molecule has 0 bridgehead atoms. The molecule has 3 aromatic rings. The highest BCUT2D eigenvalue weighted by Crippen LogP contribution is 2.26. The van der Waals surface area contributed by atoms with Gasteiger partial charge in [-0.25, -0.2) is 4.98 Å². The maximum atomic E-state index is 13.2. The molecule has 2 aromatic heterocycles. The fraction of sp³-hybridized carbons (Fsp3) is 0.409. The van der Waals surface area contributed by atoms with Gasteiger partial charge in [-0.1, -0.05) is 6.92 Å². The summed E-state index contributed by atoms with van der Waals surface area (Å²) in [7, 11) is 4.76. The van der Waals surface area contributed by atoms with E-state index in [-0.39, 0.29) is 23.8 Å². The first-order valence-corrected chi connectivity index (χ1v) is 10.4. The number of benzene rings is 1. The van der Waals surface area contributed by atoms with Crippen molar-refractivity contribution in [1.82, 2.24) is 30.0 Å². The average Bonchev–Trinajstić information content (AvgIpc) is 3.20. The Labute approximate surface area is 185 Å². The second-order valence-corrected chi connectivity index (χ2v) is 7.90. The molecule has 2 amide bonds. The third-order valence-electron chi connectivity index (χ3n) is 5.81. The van der Waals surface area contributed by atoms with Crippen LogP contribution in [0.2, 0.25) is 0 Å². The van der Waals surface area contributed by atoms with E-state index in [2.05, 4.69) is 20.4 Å². The first-order chi connectivity index (χ1) is 15.4. The molecule has 1 aliphatic rings. The third-order valence-corrected chi connectivity index (χ3v) is 5.81. The molecule has 1 aliphatic heterocycles. The monoisotopic (exact) mass is 438 g/mol. The Kier molecular flexibility index (Phi) is 5.93. The fourth-order valence-corrected chi connectivity index (χ4v) is 4.04. The highest BCUT2D eigenvalue weighted by molar-refractivity contribution is 5.99. The third kappa shape index (κ3) is 4.08. The number of hydrogen-bond donors (Lipinski definition) is 1. The molecule has 1 aromatic carbocycles. The number of carbonyl (C=O) groups excluding carboxylic acids is 2. The van der Waals surface area contributed by atoms with Gasteiger partial charge in [0.15, 0.2) is 0 Å². The summed E-state index contributed by atoms with van der Waals surface area (Å²) in [5.41, 5.74) is 2.16. The molecule has 32 heavy (non-hydrogen) atoms. The lowest BCUT2D eigenvalue weighted by Crippen LogP contribution is -2.51. The van der Waals surface area contributed by atoms with E-state index in [1.165, 1.54) is 11.8 Å². The number of aryl methyl sites for hydroxylation is 1. The summed E-state index contributed by atoms with van der Waals surface area (Å²) >= 11 is 0. The minimum Gasteiger partial charge on any atom is -0.494 e. The summed E-state index contributed by atoms with van der Waals surface area (Å²) in [6.45, 7) is 3.09. The number of rotatable bonds is 5. The van der Waals surface area contributed by atoms with Gasteiger partial charge in [0, 0.05) is 50.2 Å². The minimum absolute atomic E-state index is 0.0514. The predicted molar refractivity (Wildman–Crippen MR) is 117 cm³/mol. The lowest BCUT2D eigenvalue weighted by molar-refractivity contribution is 0.0632. The van der Waals surface area contributed by atoms with Crippen molar-refractivity contribution in [3.8, 4) is 11.6 Å². The number of fused-ring (bicyclic) bond motifs is 1. The van der Waals surface area contributed by atoms with E-state index < -0.39 is 0 Å². The van der Waals surface area contributed by atoms with Gasteiger partial charge >= 0.3 is 0 Å². The summed E-state index contributed by atoms with van der Waals surface area (Å²) in [5.74, 6) is 0.679. The highest BCUT2D eigenvalue weighted by atomic mass is 16.5. The lowest BCUT2D eigenvalue weighted by Gasteiger charge is -2.37. The summed E-state index contributed by atoms with van der Waals surface area (Å²) in [6.07, 6.45) is 3.83. The quantitative estimate of drug-likeness (QED) is 0.645. The van der Waals surface area contributed by atoms with Gasteiger partial charge in [0.05, 0.1) is 19.7 Å². The number of likely N-dealkylation sites (tertiary alicyclic amines) is 1. The van der Waals surface area contributed by atoms with Crippen molar-refractivity contribution >= 4 is 22.8 Å². The van der Waals surface area contributed by atoms with Crippen LogP contribution < -0.4 is 14.8 Å². The van der Waals surface area contributed by atoms with Crippen LogP contribution >= 0.6 is 0 Å². The van der Waals surface area contributed by atoms with Gasteiger partial charge < -0.3 is 19.7 Å². The van der Waals surface area contributed by atoms with Gasteiger partial charge in [0.25, 0.3) is 11.8 Å². The molecule has 3 heterocycles. The minimum atomic E-state index is -0.210. The number of methoxy groups -OCH3 is 2. The van der Waals surface area contributed by atoms with Crippen molar-refractivity contribution in [3.63, 3.8) is 0 Å². The van der Waals surface area contributed by atoms with Crippen LogP contribution in [-0.4, -0.2) is 69.8 Å². The maximum Gasteiger partial charge on any atom is 0.269 e. The molecule has 0 spiro atoms. The van der Waals surface area contributed by atoms with E-state index in [4.69, 9.17) is 9.47 Å². The SMILES string of the molecule is COc1cc(C(=O)N[C@@H]2CCN(C(=O)c3cc(OC)c4nccnc4c3)C[C@@H]2C)n(C)n1. The van der Waals surface area contributed by atoms with Crippen LogP contribution in [0.3, 0.4) is 0 Å². The number of hydrogen-bond acceptors (Lipinski definition) is 7. The molecular weight excluding hydrogens is 412 g/mol. The zero-order valence-corrected chi connectivity index (χ0v) is 18.5. The molecule has 1 saturated heterocycles. The lowest BCUT2D eigenvalue weighted by atomic mass is 9.93. The molecule has 2 atom stereocenters. The van der Waals surface area contributed by atoms with Gasteiger partial charge in [-0.2, -0.15) is 0 Å². The Morgan fingerprint density at radius 1 is 1.12 bits per heavy atom. The Hall–Kier alpha value is -3.69. The van der Waals surface area contributed by atoms with Crippen molar-refractivity contribution in [3.05, 3.63) is 41.9 Å². The molecule has 168 valence electrons. The Bertz CT molecular complexity index is 1160. The fourth-order valence-electron chi connectivity index (χ4n) is 4.04. The van der Waals surface area contributed by atoms with Gasteiger partial charge in [-0.3, -0.25) is 19.3 Å². The van der Waals surface area contributed by atoms with Crippen LogP contribution in [0.4, 0.5) is 0 Å². The smallest absolute Gasteiger partial charge is 0.269 e. The van der Waals surface area contributed by atoms with E-state index in [9.17, 15) is 9.59 Å². The number of carbonyl (C=O) groups is 2. The zero-order valence-electron chi connectivity index (χ0n) is 18.5. The topological polar surface area (TPSA) is 111 Å². The van der Waals surface area contributed by atoms with E-state index in [0.717, 1.165) is 0 Å². The second-order valence-electron chi connectivity index (χ2n) is 7.90. The van der Waals surface area contributed by atoms with Gasteiger partial charge in [-0.15, -0.1) is 5.10 Å². The number of amides is 2. The molecule has 10 nitrogen and oxygen atoms in total. The van der Waals surface area contributed by atoms with Crippen LogP contribution in [-0.2, 0) is 7.05 Å². The average molecular weight is 438 g/mol. The summed E-state index contributed by atoms with van der Waals surface area (Å²) in [5, 5.41) is 7.20. The second kappa shape index (κ2) is 8.81. The van der Waals surface area contributed by atoms with Crippen LogP contribution in [0, 0.1) is 5.92 Å². The number of nitrogens with one attached hydrogen (secondary N) is 1. The summed E-state index contributed by atoms with van der Waals surface area (Å²) < 4.78 is 12.0. The molecule has 0 unspecified atom stereocenters. The molecule has 1 fully saturated rings. The number of nitrogens with zero attached hydrogens (tertiary/aromatic N) is 5. The van der Waals surface area contributed by atoms with Gasteiger partial charge in [0.2, 0.25) is 5.88 Å². The van der Waals surface area contributed by atoms with Gasteiger partial charge in [-0.05, 0) is 24.5 Å². The number of piperidine rings is 1. The Morgan fingerprint density at radius 2 is 1.91 bits per heavy atom. The van der Waals surface area contributed by atoms with Crippen LogP contribution in [0.1, 0.15) is 34.2 Å². The van der Waals surface area contributed by atoms with Crippen LogP contribution in [0.5, 0.6) is 11.6 Å². The predicted octanol–water partition coefficient (Wildman–Crippen LogP) is 1.66. The van der Waals surface area contributed by atoms with Crippen molar-refractivity contribution in [2.24, 2.45) is 13.0 Å². The summed E-state index contributed by atoms with van der Waals surface area (Å²) in [4.78, 5) is 36.3. The van der Waals surface area contributed by atoms with Crippen LogP contribution in [0.15, 0.2) is 30.6 Å². The highest BCUT2D eigenvalue weighted by Gasteiger charge is 2.31. The molecule has 4 rings (SSSR count). The normalized spacial score (nSPS) is 18.4. The van der Waals surface area contributed by atoms with Gasteiger partial charge in [0.1, 0.15) is 17.0 Å². The number of ether oxygens (including phenoxy) is 2. The van der Waals surface area contributed by atoms with E-state index in [1.807, 2.05) is 6.92 Å². The van der Waals surface area contributed by atoms with Crippen molar-refractivity contribution in [2.45, 2.75) is 19.4 Å². The molecular formula is C22H26N6O4. The standard InChI is InChI=1S/C22H26N6O4/c1-13-12-28(8-5-15(13)25-21(29)17-11-19(32-4)26-27(17)2)22(30)14-9-16-20(18(10-14)31-3)24-7-6-23-16/h6-7,9-11,13,15H,5,8,12H2,1-4H3,(H,25,29)/t13-,15+/m0/s1. The molecule has 0 saturated carbocycles. The van der Waals surface area contributed by atoms with Crippen molar-refractivity contribution in [2.75, 3.05) is 27.3 Å². The first kappa shape index (κ1) is 21.5. The molecule has 10 heteroatoms. The molecule has 0 radical (unpaired) electrons. The zero-order chi connectivity index (χ0) is 22.8. The Balaban J connectivity index is 1.45. The largest absolute Gasteiger partial charge is 0.494 e. The van der Waals surface area contributed by atoms with Crippen LogP contribution in [0.25, 0.3) is 11.0 Å². The number of aromatic nitrogens is 4.